The fourth-order valence-corrected chi connectivity index (χ4v) is 0.944. The fraction of sp³-hybridized carbons (Fsp3) is 0.250. The molecule has 0 aliphatic carbocycles. The molecule has 0 aromatic heterocycles. The number of halogens is 2. The Morgan fingerprint density at radius 2 is 2.00 bits per heavy atom. The summed E-state index contributed by atoms with van der Waals surface area (Å²) in [6.07, 6.45) is 0. The SMILES string of the molecule is CCNc1cc(F)c(F)cc1N=O. The van der Waals surface area contributed by atoms with E-state index in [1.165, 1.54) is 0 Å². The third-order valence-corrected chi connectivity index (χ3v) is 1.50. The summed E-state index contributed by atoms with van der Waals surface area (Å²) in [5, 5.41) is 5.27. The smallest absolute Gasteiger partial charge is 0.161 e. The molecule has 0 fully saturated rings. The fourth-order valence-electron chi connectivity index (χ4n) is 0.944. The molecule has 0 aliphatic heterocycles. The zero-order chi connectivity index (χ0) is 9.84. The topological polar surface area (TPSA) is 41.5 Å². The second-order valence-electron chi connectivity index (χ2n) is 2.41. The molecule has 0 atom stereocenters. The minimum atomic E-state index is -1.07. The van der Waals surface area contributed by atoms with Crippen LogP contribution in [0.25, 0.3) is 0 Å². The van der Waals surface area contributed by atoms with E-state index in [1.807, 2.05) is 0 Å². The molecule has 1 N–H and O–H groups in total. The van der Waals surface area contributed by atoms with Crippen molar-refractivity contribution >= 4 is 11.4 Å². The first-order valence-electron chi connectivity index (χ1n) is 3.75. The summed E-state index contributed by atoms with van der Waals surface area (Å²) in [5.74, 6) is -2.07. The zero-order valence-corrected chi connectivity index (χ0v) is 6.97. The van der Waals surface area contributed by atoms with Gasteiger partial charge in [-0.1, -0.05) is 0 Å². The monoisotopic (exact) mass is 186 g/mol. The van der Waals surface area contributed by atoms with Gasteiger partial charge in [-0.15, -0.1) is 4.91 Å². The van der Waals surface area contributed by atoms with E-state index in [1.54, 1.807) is 6.92 Å². The van der Waals surface area contributed by atoms with Crippen molar-refractivity contribution in [1.82, 2.24) is 0 Å². The van der Waals surface area contributed by atoms with Crippen LogP contribution in [0.15, 0.2) is 17.3 Å². The zero-order valence-electron chi connectivity index (χ0n) is 6.97. The maximum Gasteiger partial charge on any atom is 0.161 e. The van der Waals surface area contributed by atoms with E-state index >= 15 is 0 Å². The van der Waals surface area contributed by atoms with Crippen molar-refractivity contribution in [2.75, 3.05) is 11.9 Å². The van der Waals surface area contributed by atoms with E-state index in [9.17, 15) is 13.7 Å². The van der Waals surface area contributed by atoms with E-state index in [4.69, 9.17) is 0 Å². The van der Waals surface area contributed by atoms with Crippen LogP contribution in [0.3, 0.4) is 0 Å². The summed E-state index contributed by atoms with van der Waals surface area (Å²) >= 11 is 0. The third kappa shape index (κ3) is 1.99. The van der Waals surface area contributed by atoms with Gasteiger partial charge in [0.25, 0.3) is 0 Å². The first-order valence-corrected chi connectivity index (χ1v) is 3.75. The summed E-state index contributed by atoms with van der Waals surface area (Å²) in [6.45, 7) is 2.28. The number of nitrogens with zero attached hydrogens (tertiary/aromatic N) is 1. The molecule has 3 nitrogen and oxygen atoms in total. The van der Waals surface area contributed by atoms with Gasteiger partial charge in [0.05, 0.1) is 5.69 Å². The highest BCUT2D eigenvalue weighted by molar-refractivity contribution is 5.65. The van der Waals surface area contributed by atoms with Gasteiger partial charge in [0.1, 0.15) is 5.69 Å². The molecule has 70 valence electrons. The lowest BCUT2D eigenvalue weighted by molar-refractivity contribution is 0.509. The Bertz CT molecular complexity index is 328. The van der Waals surface area contributed by atoms with E-state index in [-0.39, 0.29) is 11.4 Å². The predicted octanol–water partition coefficient (Wildman–Crippen LogP) is 2.79. The molecular weight excluding hydrogens is 178 g/mol. The lowest BCUT2D eigenvalue weighted by Crippen LogP contribution is -1.98. The Morgan fingerprint density at radius 1 is 1.38 bits per heavy atom. The largest absolute Gasteiger partial charge is 0.383 e. The van der Waals surface area contributed by atoms with E-state index in [2.05, 4.69) is 10.5 Å². The average molecular weight is 186 g/mol. The molecule has 0 radical (unpaired) electrons. The van der Waals surface area contributed by atoms with Gasteiger partial charge in [-0.2, -0.15) is 0 Å². The van der Waals surface area contributed by atoms with Crippen LogP contribution in [0.4, 0.5) is 20.2 Å². The third-order valence-electron chi connectivity index (χ3n) is 1.50. The number of benzene rings is 1. The second-order valence-corrected chi connectivity index (χ2v) is 2.41. The minimum absolute atomic E-state index is 0.124. The number of rotatable bonds is 3. The molecule has 0 aliphatic rings. The van der Waals surface area contributed by atoms with Crippen LogP contribution in [-0.4, -0.2) is 6.54 Å². The highest BCUT2D eigenvalue weighted by Gasteiger charge is 2.09. The van der Waals surface area contributed by atoms with Crippen molar-refractivity contribution in [3.63, 3.8) is 0 Å². The molecule has 0 spiro atoms. The number of hydrogen-bond acceptors (Lipinski definition) is 3. The number of hydrogen-bond donors (Lipinski definition) is 1. The molecule has 0 unspecified atom stereocenters. The van der Waals surface area contributed by atoms with Gasteiger partial charge in [0.15, 0.2) is 11.6 Å². The Labute approximate surface area is 73.7 Å². The van der Waals surface area contributed by atoms with Crippen molar-refractivity contribution in [1.29, 1.82) is 0 Å². The maximum absolute atomic E-state index is 12.7. The molecule has 5 heteroatoms. The molecule has 0 saturated heterocycles. The maximum atomic E-state index is 12.7. The Kier molecular flexibility index (Phi) is 2.89. The van der Waals surface area contributed by atoms with Gasteiger partial charge in [-0.3, -0.25) is 0 Å². The lowest BCUT2D eigenvalue weighted by Gasteiger charge is -2.05. The van der Waals surface area contributed by atoms with Crippen LogP contribution in [0, 0.1) is 16.5 Å². The van der Waals surface area contributed by atoms with Gasteiger partial charge in [0, 0.05) is 18.7 Å². The summed E-state index contributed by atoms with van der Waals surface area (Å²) in [7, 11) is 0. The average Bonchev–Trinajstić information content (AvgIpc) is 2.11. The van der Waals surface area contributed by atoms with Gasteiger partial charge in [0.2, 0.25) is 0 Å². The Morgan fingerprint density at radius 3 is 2.54 bits per heavy atom. The molecule has 13 heavy (non-hydrogen) atoms. The van der Waals surface area contributed by atoms with Crippen LogP contribution in [-0.2, 0) is 0 Å². The highest BCUT2D eigenvalue weighted by Crippen LogP contribution is 2.27. The summed E-state index contributed by atoms with van der Waals surface area (Å²) in [5.41, 5.74) is 0.0807. The molecule has 0 heterocycles. The normalized spacial score (nSPS) is 9.77. The summed E-state index contributed by atoms with van der Waals surface area (Å²) in [4.78, 5) is 10.2. The molecule has 1 aromatic rings. The van der Waals surface area contributed by atoms with Crippen LogP contribution in [0.5, 0.6) is 0 Å². The minimum Gasteiger partial charge on any atom is -0.383 e. The predicted molar refractivity (Wildman–Crippen MR) is 46.0 cm³/mol. The number of nitroso groups, excluding NO2 is 1. The molecule has 0 amide bonds. The van der Waals surface area contributed by atoms with Crippen LogP contribution in [0.2, 0.25) is 0 Å². The first kappa shape index (κ1) is 9.57. The molecule has 0 bridgehead atoms. The van der Waals surface area contributed by atoms with E-state index < -0.39 is 11.6 Å². The second kappa shape index (κ2) is 3.93. The number of anilines is 1. The lowest BCUT2D eigenvalue weighted by atomic mass is 10.2. The van der Waals surface area contributed by atoms with Crippen LogP contribution in [0.1, 0.15) is 6.92 Å². The number of nitrogens with one attached hydrogen (secondary N) is 1. The van der Waals surface area contributed by atoms with Crippen molar-refractivity contribution in [3.05, 3.63) is 28.7 Å². The van der Waals surface area contributed by atoms with Gasteiger partial charge >= 0.3 is 0 Å². The Hall–Kier alpha value is -1.52. The van der Waals surface area contributed by atoms with Crippen molar-refractivity contribution in [3.8, 4) is 0 Å². The summed E-state index contributed by atoms with van der Waals surface area (Å²) in [6, 6.07) is 1.68. The molecule has 0 saturated carbocycles. The van der Waals surface area contributed by atoms with Crippen molar-refractivity contribution in [2.24, 2.45) is 5.18 Å². The van der Waals surface area contributed by atoms with E-state index in [0.29, 0.717) is 6.54 Å². The Balaban J connectivity index is 3.16. The molecular formula is C8H8F2N2O. The van der Waals surface area contributed by atoms with Crippen LogP contribution < -0.4 is 5.32 Å². The van der Waals surface area contributed by atoms with Crippen LogP contribution >= 0.6 is 0 Å². The van der Waals surface area contributed by atoms with Gasteiger partial charge in [-0.05, 0) is 12.1 Å². The summed E-state index contributed by atoms with van der Waals surface area (Å²) < 4.78 is 25.2. The molecule has 1 rings (SSSR count). The van der Waals surface area contributed by atoms with Crippen molar-refractivity contribution in [2.45, 2.75) is 6.92 Å². The first-order chi connectivity index (χ1) is 6.19. The van der Waals surface area contributed by atoms with E-state index in [0.717, 1.165) is 12.1 Å². The highest BCUT2D eigenvalue weighted by atomic mass is 19.2. The standard InChI is InChI=1S/C8H8F2N2O/c1-2-11-7-3-5(9)6(10)4-8(7)12-13/h3-4,11H,2H2,1H3. The quantitative estimate of drug-likeness (QED) is 0.737. The van der Waals surface area contributed by atoms with Gasteiger partial charge < -0.3 is 5.32 Å². The van der Waals surface area contributed by atoms with Crippen molar-refractivity contribution < 1.29 is 8.78 Å². The van der Waals surface area contributed by atoms with Gasteiger partial charge in [-0.25, -0.2) is 8.78 Å². The molecule has 1 aromatic carbocycles.